The number of hydrogen-bond donors (Lipinski definition) is 4. The van der Waals surface area contributed by atoms with Crippen LogP contribution in [0.4, 0.5) is 0 Å². The summed E-state index contributed by atoms with van der Waals surface area (Å²) in [5.74, 6) is -0.892. The Morgan fingerprint density at radius 1 is 0.960 bits per heavy atom. The Kier molecular flexibility index (Phi) is 11.5. The fraction of sp³-hybridized carbons (Fsp3) is 0.824. The van der Waals surface area contributed by atoms with E-state index in [1.165, 1.54) is 11.8 Å². The van der Waals surface area contributed by atoms with E-state index in [4.69, 9.17) is 5.73 Å². The molecule has 0 radical (unpaired) electrons. The first-order valence-corrected chi connectivity index (χ1v) is 10.1. The minimum atomic E-state index is -1.08. The van der Waals surface area contributed by atoms with Crippen molar-refractivity contribution < 1.29 is 19.5 Å². The number of amides is 2. The molecular formula is C17H33N3O4S. The Hall–Kier alpha value is -1.28. The summed E-state index contributed by atoms with van der Waals surface area (Å²) in [6.45, 7) is 7.80. The molecule has 0 saturated heterocycles. The highest BCUT2D eigenvalue weighted by Crippen LogP contribution is 2.09. The second kappa shape index (κ2) is 12.1. The van der Waals surface area contributed by atoms with Crippen molar-refractivity contribution in [3.05, 3.63) is 0 Å². The highest BCUT2D eigenvalue weighted by Gasteiger charge is 2.28. The molecule has 25 heavy (non-hydrogen) atoms. The number of carboxylic acids is 1. The van der Waals surface area contributed by atoms with Crippen molar-refractivity contribution in [1.29, 1.82) is 0 Å². The molecule has 0 heterocycles. The van der Waals surface area contributed by atoms with Crippen molar-refractivity contribution in [2.75, 3.05) is 12.0 Å². The highest BCUT2D eigenvalue weighted by molar-refractivity contribution is 7.98. The van der Waals surface area contributed by atoms with Gasteiger partial charge in [-0.3, -0.25) is 9.59 Å². The third-order valence-corrected chi connectivity index (χ3v) is 4.27. The van der Waals surface area contributed by atoms with Gasteiger partial charge in [-0.25, -0.2) is 4.79 Å². The number of thioether (sulfide) groups is 1. The van der Waals surface area contributed by atoms with Crippen LogP contribution in [-0.2, 0) is 14.4 Å². The summed E-state index contributed by atoms with van der Waals surface area (Å²) in [5.41, 5.74) is 5.87. The first kappa shape index (κ1) is 23.7. The molecule has 8 heteroatoms. The van der Waals surface area contributed by atoms with Crippen molar-refractivity contribution in [3.63, 3.8) is 0 Å². The fourth-order valence-corrected chi connectivity index (χ4v) is 2.83. The lowest BCUT2D eigenvalue weighted by Gasteiger charge is -2.24. The van der Waals surface area contributed by atoms with Crippen LogP contribution in [0.3, 0.4) is 0 Å². The van der Waals surface area contributed by atoms with Gasteiger partial charge in [0.1, 0.15) is 12.1 Å². The van der Waals surface area contributed by atoms with Crippen LogP contribution in [0.1, 0.15) is 47.0 Å². The number of carbonyl (C=O) groups excluding carboxylic acids is 2. The molecule has 0 bridgehead atoms. The van der Waals surface area contributed by atoms with Gasteiger partial charge in [-0.15, -0.1) is 0 Å². The standard InChI is InChI=1S/C17H33N3O4S/c1-10(2)8-12(18)15(21)20-14(9-11(3)4)16(22)19-13(17(23)24)6-7-25-5/h10-14H,6-9,18H2,1-5H3,(H,19,22)(H,20,21)(H,23,24)/t12-,13+,14+/m1/s1. The number of nitrogens with one attached hydrogen (secondary N) is 2. The van der Waals surface area contributed by atoms with E-state index in [1.807, 2.05) is 34.0 Å². The van der Waals surface area contributed by atoms with Gasteiger partial charge in [-0.05, 0) is 43.1 Å². The van der Waals surface area contributed by atoms with Gasteiger partial charge < -0.3 is 21.5 Å². The molecular weight excluding hydrogens is 342 g/mol. The molecule has 0 aliphatic rings. The van der Waals surface area contributed by atoms with E-state index >= 15 is 0 Å². The van der Waals surface area contributed by atoms with Gasteiger partial charge in [0.05, 0.1) is 6.04 Å². The molecule has 0 saturated carbocycles. The lowest BCUT2D eigenvalue weighted by atomic mass is 10.0. The van der Waals surface area contributed by atoms with Crippen LogP contribution >= 0.6 is 11.8 Å². The van der Waals surface area contributed by atoms with E-state index in [0.29, 0.717) is 25.0 Å². The van der Waals surface area contributed by atoms with E-state index < -0.39 is 30.0 Å². The monoisotopic (exact) mass is 375 g/mol. The van der Waals surface area contributed by atoms with Gasteiger partial charge in [-0.2, -0.15) is 11.8 Å². The minimum Gasteiger partial charge on any atom is -0.480 e. The quantitative estimate of drug-likeness (QED) is 0.407. The molecule has 0 aromatic rings. The molecule has 0 aliphatic carbocycles. The Morgan fingerprint density at radius 3 is 1.92 bits per heavy atom. The SMILES string of the molecule is CSCC[C@H](NC(=O)[C@H](CC(C)C)NC(=O)[C@H](N)CC(C)C)C(=O)O. The topological polar surface area (TPSA) is 122 Å². The molecule has 3 atom stereocenters. The highest BCUT2D eigenvalue weighted by atomic mass is 32.2. The molecule has 0 fully saturated rings. The summed E-state index contributed by atoms with van der Waals surface area (Å²) in [7, 11) is 0. The zero-order valence-corrected chi connectivity index (χ0v) is 16.7. The Morgan fingerprint density at radius 2 is 1.48 bits per heavy atom. The van der Waals surface area contributed by atoms with Gasteiger partial charge in [0, 0.05) is 0 Å². The average molecular weight is 376 g/mol. The lowest BCUT2D eigenvalue weighted by molar-refractivity contribution is -0.142. The van der Waals surface area contributed by atoms with E-state index in [0.717, 1.165) is 0 Å². The van der Waals surface area contributed by atoms with Crippen LogP contribution in [0.5, 0.6) is 0 Å². The zero-order chi connectivity index (χ0) is 19.6. The van der Waals surface area contributed by atoms with Gasteiger partial charge in [0.2, 0.25) is 11.8 Å². The van der Waals surface area contributed by atoms with E-state index in [9.17, 15) is 19.5 Å². The van der Waals surface area contributed by atoms with Crippen LogP contribution in [0, 0.1) is 11.8 Å². The van der Waals surface area contributed by atoms with Crippen molar-refractivity contribution in [2.45, 2.75) is 65.1 Å². The van der Waals surface area contributed by atoms with Gasteiger partial charge in [0.15, 0.2) is 0 Å². The third kappa shape index (κ3) is 10.3. The molecule has 5 N–H and O–H groups in total. The molecule has 0 aromatic heterocycles. The van der Waals surface area contributed by atoms with Gasteiger partial charge >= 0.3 is 5.97 Å². The molecule has 0 unspecified atom stereocenters. The summed E-state index contributed by atoms with van der Waals surface area (Å²) in [6, 6.07) is -2.44. The van der Waals surface area contributed by atoms with E-state index in [1.54, 1.807) is 0 Å². The molecule has 0 spiro atoms. The first-order chi connectivity index (χ1) is 11.6. The maximum Gasteiger partial charge on any atom is 0.326 e. The summed E-state index contributed by atoms with van der Waals surface area (Å²) in [6.07, 6.45) is 3.14. The predicted octanol–water partition coefficient (Wildman–Crippen LogP) is 1.21. The van der Waals surface area contributed by atoms with Crippen LogP contribution in [0.2, 0.25) is 0 Å². The Bertz CT molecular complexity index is 444. The van der Waals surface area contributed by atoms with Crippen molar-refractivity contribution in [2.24, 2.45) is 17.6 Å². The lowest BCUT2D eigenvalue weighted by Crippen LogP contribution is -2.55. The normalized spacial score (nSPS) is 14.9. The smallest absolute Gasteiger partial charge is 0.326 e. The van der Waals surface area contributed by atoms with Crippen LogP contribution in [0.25, 0.3) is 0 Å². The van der Waals surface area contributed by atoms with Gasteiger partial charge in [-0.1, -0.05) is 27.7 Å². The molecule has 0 aromatic carbocycles. The summed E-state index contributed by atoms with van der Waals surface area (Å²) in [4.78, 5) is 36.0. The summed E-state index contributed by atoms with van der Waals surface area (Å²) >= 11 is 1.51. The number of carbonyl (C=O) groups is 3. The van der Waals surface area contributed by atoms with Crippen molar-refractivity contribution >= 4 is 29.5 Å². The fourth-order valence-electron chi connectivity index (χ4n) is 2.36. The van der Waals surface area contributed by atoms with E-state index in [-0.39, 0.29) is 17.7 Å². The molecule has 0 rings (SSSR count). The Labute approximate surface area is 154 Å². The number of carboxylic acid groups (broad SMARTS) is 1. The Balaban J connectivity index is 4.96. The first-order valence-electron chi connectivity index (χ1n) is 8.66. The van der Waals surface area contributed by atoms with Crippen molar-refractivity contribution in [3.8, 4) is 0 Å². The average Bonchev–Trinajstić information content (AvgIpc) is 2.48. The largest absolute Gasteiger partial charge is 0.480 e. The summed E-state index contributed by atoms with van der Waals surface area (Å²) in [5, 5.41) is 14.5. The van der Waals surface area contributed by atoms with Gasteiger partial charge in [0.25, 0.3) is 0 Å². The maximum atomic E-state index is 12.5. The minimum absolute atomic E-state index is 0.159. The molecule has 7 nitrogen and oxygen atoms in total. The van der Waals surface area contributed by atoms with Crippen LogP contribution in [0.15, 0.2) is 0 Å². The zero-order valence-electron chi connectivity index (χ0n) is 15.9. The van der Waals surface area contributed by atoms with E-state index in [2.05, 4.69) is 10.6 Å². The molecule has 2 amide bonds. The number of nitrogens with two attached hydrogens (primary N) is 1. The number of hydrogen-bond acceptors (Lipinski definition) is 5. The second-order valence-corrected chi connectivity index (χ2v) is 8.09. The predicted molar refractivity (Wildman–Crippen MR) is 101 cm³/mol. The van der Waals surface area contributed by atoms with Crippen LogP contribution < -0.4 is 16.4 Å². The molecule has 0 aliphatic heterocycles. The third-order valence-electron chi connectivity index (χ3n) is 3.63. The summed E-state index contributed by atoms with van der Waals surface area (Å²) < 4.78 is 0. The van der Waals surface area contributed by atoms with Crippen LogP contribution in [-0.4, -0.2) is 53.0 Å². The van der Waals surface area contributed by atoms with Crippen molar-refractivity contribution in [1.82, 2.24) is 10.6 Å². The second-order valence-electron chi connectivity index (χ2n) is 7.11. The molecule has 146 valence electrons. The number of rotatable bonds is 12. The number of aliphatic carboxylic acids is 1. The maximum absolute atomic E-state index is 12.5.